The highest BCUT2D eigenvalue weighted by molar-refractivity contribution is 7.47. The van der Waals surface area contributed by atoms with Crippen LogP contribution in [0.2, 0.25) is 10.0 Å². The maximum absolute atomic E-state index is 14.1. The second kappa shape index (κ2) is 21.7. The Morgan fingerprint density at radius 2 is 1.52 bits per heavy atom. The van der Waals surface area contributed by atoms with Crippen molar-refractivity contribution < 1.29 is 75.1 Å². The van der Waals surface area contributed by atoms with Gasteiger partial charge in [-0.15, -0.1) is 0 Å². The summed E-state index contributed by atoms with van der Waals surface area (Å²) in [5.74, 6) is -3.65. The zero-order valence-corrected chi connectivity index (χ0v) is 37.7. The van der Waals surface area contributed by atoms with Gasteiger partial charge in [0.2, 0.25) is 5.91 Å². The third kappa shape index (κ3) is 15.2. The van der Waals surface area contributed by atoms with Gasteiger partial charge in [0.15, 0.2) is 13.4 Å². The number of carbonyl (C=O) groups is 3. The molecule has 0 aromatic heterocycles. The Hall–Kier alpha value is -3.83. The number of phosphoric acid groups is 2. The Morgan fingerprint density at radius 3 is 2.13 bits per heavy atom. The lowest BCUT2D eigenvalue weighted by molar-refractivity contribution is -0.169. The molecule has 0 spiro atoms. The van der Waals surface area contributed by atoms with Gasteiger partial charge in [0.25, 0.3) is 5.91 Å². The van der Waals surface area contributed by atoms with Crippen molar-refractivity contribution in [3.05, 3.63) is 86.4 Å². The van der Waals surface area contributed by atoms with E-state index in [-0.39, 0.29) is 75.7 Å². The van der Waals surface area contributed by atoms with Crippen molar-refractivity contribution in [3.8, 4) is 17.2 Å². The molecule has 3 aromatic rings. The van der Waals surface area contributed by atoms with Crippen LogP contribution in [0.3, 0.4) is 0 Å². The van der Waals surface area contributed by atoms with Gasteiger partial charge in [0, 0.05) is 30.0 Å². The number of benzene rings is 3. The van der Waals surface area contributed by atoms with E-state index in [1.54, 1.807) is 6.07 Å². The third-order valence-electron chi connectivity index (χ3n) is 10.2. The molecule has 342 valence electrons. The van der Waals surface area contributed by atoms with Crippen LogP contribution in [0.5, 0.6) is 17.2 Å². The number of ether oxygens (including phenoxy) is 3. The average Bonchev–Trinajstić information content (AvgIpc) is 3.15. The van der Waals surface area contributed by atoms with E-state index < -0.39 is 76.0 Å². The van der Waals surface area contributed by atoms with E-state index in [0.29, 0.717) is 31.2 Å². The normalized spacial score (nSPS) is 14.7. The number of hydrogen-bond donors (Lipinski definition) is 6. The summed E-state index contributed by atoms with van der Waals surface area (Å²) in [6.45, 7) is 4.73. The number of rotatable bonds is 21. The zero-order chi connectivity index (χ0) is 46.0. The molecular formula is C40H50Cl2F2N2O14P2. The third-order valence-corrected chi connectivity index (χ3v) is 11.7. The Kier molecular flexibility index (Phi) is 17.8. The van der Waals surface area contributed by atoms with Crippen LogP contribution < -0.4 is 24.4 Å². The van der Waals surface area contributed by atoms with Gasteiger partial charge < -0.3 is 33.9 Å². The predicted octanol–water partition coefficient (Wildman–Crippen LogP) is 7.42. The molecule has 1 saturated carbocycles. The highest BCUT2D eigenvalue weighted by Gasteiger charge is 2.42. The molecule has 0 unspecified atom stereocenters. The molecule has 0 bridgehead atoms. The first kappa shape index (κ1) is 50.8. The van der Waals surface area contributed by atoms with E-state index >= 15 is 0 Å². The molecule has 0 aliphatic heterocycles. The Bertz CT molecular complexity index is 2200. The first-order valence-electron chi connectivity index (χ1n) is 19.4. The van der Waals surface area contributed by atoms with Gasteiger partial charge in [0.05, 0.1) is 28.1 Å². The first-order valence-corrected chi connectivity index (χ1v) is 23.2. The van der Waals surface area contributed by atoms with Crippen LogP contribution in [0, 0.1) is 25.5 Å². The van der Waals surface area contributed by atoms with Crippen molar-refractivity contribution in [1.82, 2.24) is 10.6 Å². The molecule has 2 amide bonds. The van der Waals surface area contributed by atoms with Crippen molar-refractivity contribution in [2.75, 3.05) is 19.9 Å². The number of aryl methyl sites for hydroxylation is 2. The maximum atomic E-state index is 14.1. The number of carbonyl (C=O) groups excluding carboxylic acids is 3. The maximum Gasteiger partial charge on any atom is 0.524 e. The van der Waals surface area contributed by atoms with Crippen LogP contribution in [-0.4, -0.2) is 68.9 Å². The van der Waals surface area contributed by atoms with E-state index in [1.165, 1.54) is 52.0 Å². The van der Waals surface area contributed by atoms with Gasteiger partial charge in [-0.1, -0.05) is 62.4 Å². The number of amides is 2. The molecule has 0 heterocycles. The van der Waals surface area contributed by atoms with Crippen LogP contribution in [-0.2, 0) is 44.8 Å². The van der Waals surface area contributed by atoms with Crippen molar-refractivity contribution in [2.24, 2.45) is 0 Å². The van der Waals surface area contributed by atoms with Gasteiger partial charge >= 0.3 is 21.6 Å². The Labute approximate surface area is 367 Å². The van der Waals surface area contributed by atoms with E-state index in [9.17, 15) is 51.9 Å². The fourth-order valence-corrected chi connectivity index (χ4v) is 8.70. The predicted molar refractivity (Wildman–Crippen MR) is 223 cm³/mol. The standard InChI is InChI=1S/C40H50Cl2F2N2O14P2/c1-24-18-32(59-61(50,51)52)37(25(2)38(24)60-62(53,54)55)39(3,4)21-36(49)58-23-57-33(14-17-45-35(48)22-56-27-10-12-29(42)31(44)20-27)40(15-6-5-7-16-40)46-34(47)13-9-26-8-11-28(41)30(43)19-26/h8,10-12,18-20,33H,5-7,9,13-17,21-23H2,1-4H3,(H,45,48)(H,46,47)(H2,50,51,52)(H2,53,54,55)/t33-/m0/s1. The molecule has 1 fully saturated rings. The van der Waals surface area contributed by atoms with Gasteiger partial charge in [-0.3, -0.25) is 34.0 Å². The zero-order valence-electron chi connectivity index (χ0n) is 34.4. The number of halogens is 4. The number of phosphoric ester groups is 2. The lowest BCUT2D eigenvalue weighted by Crippen LogP contribution is -2.59. The molecule has 16 nitrogen and oxygen atoms in total. The summed E-state index contributed by atoms with van der Waals surface area (Å²) >= 11 is 11.5. The second-order valence-corrected chi connectivity index (χ2v) is 18.7. The Balaban J connectivity index is 1.52. The molecular weight excluding hydrogens is 903 g/mol. The van der Waals surface area contributed by atoms with Crippen LogP contribution >= 0.6 is 38.8 Å². The van der Waals surface area contributed by atoms with Crippen LogP contribution in [0.1, 0.15) is 87.5 Å². The van der Waals surface area contributed by atoms with Crippen molar-refractivity contribution in [3.63, 3.8) is 0 Å². The van der Waals surface area contributed by atoms with E-state index in [2.05, 4.69) is 10.6 Å². The molecule has 6 N–H and O–H groups in total. The molecule has 0 saturated heterocycles. The number of nitrogens with one attached hydrogen (secondary N) is 2. The molecule has 1 aliphatic rings. The van der Waals surface area contributed by atoms with Crippen LogP contribution in [0.4, 0.5) is 8.78 Å². The molecule has 62 heavy (non-hydrogen) atoms. The molecule has 0 radical (unpaired) electrons. The second-order valence-electron chi connectivity index (χ2n) is 15.6. The summed E-state index contributed by atoms with van der Waals surface area (Å²) in [5, 5.41) is 5.68. The summed E-state index contributed by atoms with van der Waals surface area (Å²) < 4.78 is 78.7. The smallest absolute Gasteiger partial charge is 0.484 e. The quantitative estimate of drug-likeness (QED) is 0.0346. The molecule has 22 heteroatoms. The van der Waals surface area contributed by atoms with E-state index in [4.69, 9.17) is 46.5 Å². The van der Waals surface area contributed by atoms with E-state index in [0.717, 1.165) is 18.6 Å². The van der Waals surface area contributed by atoms with Gasteiger partial charge in [-0.05, 0) is 86.6 Å². The van der Waals surface area contributed by atoms with Crippen LogP contribution in [0.15, 0.2) is 42.5 Å². The fraction of sp³-hybridized carbons (Fsp3) is 0.475. The van der Waals surface area contributed by atoms with Crippen LogP contribution in [0.25, 0.3) is 0 Å². The summed E-state index contributed by atoms with van der Waals surface area (Å²) in [5.41, 5.74) is -1.68. The highest BCUT2D eigenvalue weighted by Crippen LogP contribution is 2.50. The molecule has 1 aliphatic carbocycles. The van der Waals surface area contributed by atoms with E-state index in [1.807, 2.05) is 0 Å². The number of hydrogen-bond acceptors (Lipinski definition) is 10. The minimum absolute atomic E-state index is 0.00301. The van der Waals surface area contributed by atoms with Crippen molar-refractivity contribution in [1.29, 1.82) is 0 Å². The Morgan fingerprint density at radius 1 is 0.887 bits per heavy atom. The summed E-state index contributed by atoms with van der Waals surface area (Å²) in [6.07, 6.45) is 2.21. The minimum Gasteiger partial charge on any atom is -0.484 e. The van der Waals surface area contributed by atoms with Gasteiger partial charge in [0.1, 0.15) is 28.9 Å². The highest BCUT2D eigenvalue weighted by atomic mass is 35.5. The van der Waals surface area contributed by atoms with Gasteiger partial charge in [-0.2, -0.15) is 0 Å². The molecule has 3 aromatic carbocycles. The fourth-order valence-electron chi connectivity index (χ4n) is 7.54. The van der Waals surface area contributed by atoms with Gasteiger partial charge in [-0.25, -0.2) is 17.9 Å². The first-order chi connectivity index (χ1) is 28.9. The summed E-state index contributed by atoms with van der Waals surface area (Å²) in [7, 11) is -10.3. The SMILES string of the molecule is Cc1cc(OP(=O)(O)O)c(C(C)(C)CC(=O)OCO[C@@H](CCNC(=O)COc2ccc(Cl)c(F)c2)C2(NC(=O)CCc3ccc(Cl)c(F)c3)CCCCC2)c(C)c1OP(=O)(O)O. The minimum atomic E-state index is -5.17. The lowest BCUT2D eigenvalue weighted by atomic mass is 9.76. The molecule has 1 atom stereocenters. The molecule has 4 rings (SSSR count). The summed E-state index contributed by atoms with van der Waals surface area (Å²) in [4.78, 5) is 78.1. The van der Waals surface area contributed by atoms with Crippen molar-refractivity contribution in [2.45, 2.75) is 103 Å². The number of esters is 1. The average molecular weight is 954 g/mol. The lowest BCUT2D eigenvalue weighted by Gasteiger charge is -2.44. The topological polar surface area (TPSA) is 236 Å². The van der Waals surface area contributed by atoms with Crippen molar-refractivity contribution >= 4 is 56.6 Å². The summed E-state index contributed by atoms with van der Waals surface area (Å²) in [6, 6.07) is 9.13. The monoisotopic (exact) mass is 952 g/mol. The largest absolute Gasteiger partial charge is 0.524 e.